The van der Waals surface area contributed by atoms with Crippen LogP contribution in [0.15, 0.2) is 12.7 Å². The first kappa shape index (κ1) is 14.3. The van der Waals surface area contributed by atoms with Crippen molar-refractivity contribution >= 4 is 0 Å². The molecule has 1 heteroatoms. The van der Waals surface area contributed by atoms with Crippen LogP contribution in [0, 0.1) is 29.6 Å². The van der Waals surface area contributed by atoms with Crippen LogP contribution in [0.2, 0.25) is 0 Å². The SMILES string of the molecule is C=CCCC1CCC2CC(C3CCC4CC3O4)CCC2C1. The molecule has 5 aliphatic rings. The van der Waals surface area contributed by atoms with Crippen molar-refractivity contribution in [1.82, 2.24) is 0 Å². The average Bonchev–Trinajstić information content (AvgIpc) is 2.51. The van der Waals surface area contributed by atoms with E-state index in [1.807, 2.05) is 0 Å². The summed E-state index contributed by atoms with van der Waals surface area (Å²) in [4.78, 5) is 0. The molecular weight excluding hydrogens is 256 g/mol. The molecule has 0 radical (unpaired) electrons. The lowest BCUT2D eigenvalue weighted by Gasteiger charge is -2.52. The quantitative estimate of drug-likeness (QED) is 0.633. The molecule has 2 heterocycles. The number of allylic oxidation sites excluding steroid dienone is 1. The van der Waals surface area contributed by atoms with Gasteiger partial charge in [0.25, 0.3) is 0 Å². The van der Waals surface area contributed by atoms with Gasteiger partial charge in [-0.1, -0.05) is 12.5 Å². The molecule has 5 fully saturated rings. The molecule has 0 spiro atoms. The Hall–Kier alpha value is -0.300. The lowest BCUT2D eigenvalue weighted by Crippen LogP contribution is -2.51. The largest absolute Gasteiger partial charge is 0.374 e. The van der Waals surface area contributed by atoms with Crippen molar-refractivity contribution in [1.29, 1.82) is 0 Å². The van der Waals surface area contributed by atoms with Crippen molar-refractivity contribution in [3.05, 3.63) is 12.7 Å². The molecule has 7 unspecified atom stereocenters. The molecule has 118 valence electrons. The molecule has 7 atom stereocenters. The Morgan fingerprint density at radius 3 is 2.38 bits per heavy atom. The van der Waals surface area contributed by atoms with Gasteiger partial charge in [0.1, 0.15) is 0 Å². The summed E-state index contributed by atoms with van der Waals surface area (Å²) in [6.07, 6.45) is 19.4. The van der Waals surface area contributed by atoms with Crippen LogP contribution in [0.4, 0.5) is 0 Å². The van der Waals surface area contributed by atoms with Crippen molar-refractivity contribution in [2.24, 2.45) is 29.6 Å². The second-order valence-electron chi connectivity index (χ2n) is 8.41. The summed E-state index contributed by atoms with van der Waals surface area (Å²) in [5, 5.41) is 0. The van der Waals surface area contributed by atoms with Crippen LogP contribution in [-0.2, 0) is 4.74 Å². The van der Waals surface area contributed by atoms with Gasteiger partial charge in [0.05, 0.1) is 12.2 Å². The Labute approximate surface area is 130 Å². The Bertz CT molecular complexity index is 367. The van der Waals surface area contributed by atoms with Gasteiger partial charge in [0.15, 0.2) is 0 Å². The van der Waals surface area contributed by atoms with Gasteiger partial charge in [-0.15, -0.1) is 6.58 Å². The van der Waals surface area contributed by atoms with E-state index in [4.69, 9.17) is 4.74 Å². The standard InChI is InChI=1S/C20H32O/c1-2-3-4-14-5-6-16-12-17(8-7-15(16)11-14)19-10-9-18-13-20(19)21-18/h2,14-20H,1,3-13H2. The van der Waals surface area contributed by atoms with Crippen molar-refractivity contribution in [3.8, 4) is 0 Å². The minimum atomic E-state index is 0.655. The summed E-state index contributed by atoms with van der Waals surface area (Å²) in [6.45, 7) is 3.89. The van der Waals surface area contributed by atoms with Gasteiger partial charge in [-0.2, -0.15) is 0 Å². The van der Waals surface area contributed by atoms with Crippen LogP contribution >= 0.6 is 0 Å². The molecule has 0 aromatic heterocycles. The molecule has 2 bridgehead atoms. The highest BCUT2D eigenvalue weighted by Crippen LogP contribution is 2.51. The smallest absolute Gasteiger partial charge is 0.0634 e. The number of ether oxygens (including phenoxy) is 1. The fraction of sp³-hybridized carbons (Fsp3) is 0.900. The summed E-state index contributed by atoms with van der Waals surface area (Å²) in [7, 11) is 0. The number of hydrogen-bond donors (Lipinski definition) is 0. The molecule has 3 saturated carbocycles. The molecule has 3 aliphatic carbocycles. The minimum Gasteiger partial charge on any atom is -0.374 e. The van der Waals surface area contributed by atoms with Gasteiger partial charge in [0.2, 0.25) is 0 Å². The second kappa shape index (κ2) is 6.07. The summed E-state index contributed by atoms with van der Waals surface area (Å²) >= 11 is 0. The Morgan fingerprint density at radius 2 is 1.62 bits per heavy atom. The van der Waals surface area contributed by atoms with Crippen LogP contribution in [0.3, 0.4) is 0 Å². The molecule has 0 N–H and O–H groups in total. The van der Waals surface area contributed by atoms with Gasteiger partial charge in [-0.05, 0) is 87.4 Å². The molecular formula is C20H32O. The van der Waals surface area contributed by atoms with Crippen LogP contribution in [0.25, 0.3) is 0 Å². The number of rotatable bonds is 4. The fourth-order valence-corrected chi connectivity index (χ4v) is 6.09. The molecule has 0 amide bonds. The summed E-state index contributed by atoms with van der Waals surface area (Å²) in [6, 6.07) is 0. The first-order valence-corrected chi connectivity index (χ1v) is 9.60. The van der Waals surface area contributed by atoms with E-state index in [2.05, 4.69) is 12.7 Å². The van der Waals surface area contributed by atoms with E-state index in [-0.39, 0.29) is 0 Å². The van der Waals surface area contributed by atoms with E-state index >= 15 is 0 Å². The lowest BCUT2D eigenvalue weighted by atomic mass is 9.60. The fourth-order valence-electron chi connectivity index (χ4n) is 6.09. The zero-order valence-electron chi connectivity index (χ0n) is 13.5. The van der Waals surface area contributed by atoms with Crippen molar-refractivity contribution in [3.63, 3.8) is 0 Å². The maximum absolute atomic E-state index is 6.03. The number of hydrogen-bond acceptors (Lipinski definition) is 1. The van der Waals surface area contributed by atoms with Crippen LogP contribution in [-0.4, -0.2) is 12.2 Å². The van der Waals surface area contributed by atoms with Gasteiger partial charge >= 0.3 is 0 Å². The van der Waals surface area contributed by atoms with E-state index in [1.165, 1.54) is 70.6 Å². The van der Waals surface area contributed by atoms with Gasteiger partial charge in [-0.3, -0.25) is 0 Å². The minimum absolute atomic E-state index is 0.655. The third-order valence-corrected chi connectivity index (χ3v) is 7.31. The lowest BCUT2D eigenvalue weighted by molar-refractivity contribution is -0.200. The molecule has 2 saturated heterocycles. The third kappa shape index (κ3) is 2.83. The van der Waals surface area contributed by atoms with E-state index in [0.717, 1.165) is 29.6 Å². The Morgan fingerprint density at radius 1 is 0.857 bits per heavy atom. The van der Waals surface area contributed by atoms with E-state index in [9.17, 15) is 0 Å². The summed E-state index contributed by atoms with van der Waals surface area (Å²) in [5.41, 5.74) is 0. The van der Waals surface area contributed by atoms with E-state index in [0.29, 0.717) is 12.2 Å². The first-order valence-electron chi connectivity index (χ1n) is 9.60. The van der Waals surface area contributed by atoms with Crippen molar-refractivity contribution < 1.29 is 4.74 Å². The second-order valence-corrected chi connectivity index (χ2v) is 8.41. The van der Waals surface area contributed by atoms with Crippen molar-refractivity contribution in [2.45, 2.75) is 82.8 Å². The predicted molar refractivity (Wildman–Crippen MR) is 87.1 cm³/mol. The predicted octanol–water partition coefficient (Wildman–Crippen LogP) is 5.35. The monoisotopic (exact) mass is 288 g/mol. The van der Waals surface area contributed by atoms with E-state index in [1.54, 1.807) is 0 Å². The van der Waals surface area contributed by atoms with Crippen molar-refractivity contribution in [2.75, 3.05) is 0 Å². The van der Waals surface area contributed by atoms with E-state index < -0.39 is 0 Å². The highest BCUT2D eigenvalue weighted by atomic mass is 16.5. The maximum Gasteiger partial charge on any atom is 0.0634 e. The topological polar surface area (TPSA) is 9.23 Å². The molecule has 1 nitrogen and oxygen atoms in total. The number of fused-ring (bicyclic) bond motifs is 3. The Kier molecular flexibility index (Phi) is 4.13. The van der Waals surface area contributed by atoms with Gasteiger partial charge in [-0.25, -0.2) is 0 Å². The first-order chi connectivity index (χ1) is 10.3. The normalized spacial score (nSPS) is 49.0. The molecule has 21 heavy (non-hydrogen) atoms. The van der Waals surface area contributed by atoms with Crippen LogP contribution < -0.4 is 0 Å². The van der Waals surface area contributed by atoms with Gasteiger partial charge < -0.3 is 4.74 Å². The van der Waals surface area contributed by atoms with Gasteiger partial charge in [0, 0.05) is 6.42 Å². The molecule has 5 rings (SSSR count). The highest BCUT2D eigenvalue weighted by Gasteiger charge is 2.46. The third-order valence-electron chi connectivity index (χ3n) is 7.31. The average molecular weight is 288 g/mol. The van der Waals surface area contributed by atoms with Crippen LogP contribution in [0.1, 0.15) is 70.6 Å². The Balaban J connectivity index is 1.31. The van der Waals surface area contributed by atoms with Crippen LogP contribution in [0.5, 0.6) is 0 Å². The summed E-state index contributed by atoms with van der Waals surface area (Å²) in [5.74, 6) is 5.05. The highest BCUT2D eigenvalue weighted by molar-refractivity contribution is 4.96. The molecule has 2 aliphatic heterocycles. The molecule has 0 aromatic rings. The zero-order valence-corrected chi connectivity index (χ0v) is 13.5. The molecule has 0 aromatic carbocycles. The summed E-state index contributed by atoms with van der Waals surface area (Å²) < 4.78 is 6.03. The zero-order chi connectivity index (χ0) is 14.2. The maximum atomic E-state index is 6.03.